The Labute approximate surface area is 191 Å². The molecule has 0 amide bonds. The number of oxime groups is 2. The molecule has 2 aromatic heterocycles. The number of aryl methyl sites for hydroxylation is 1. The van der Waals surface area contributed by atoms with Gasteiger partial charge in [-0.3, -0.25) is 4.98 Å². The maximum atomic E-state index is 13.1. The summed E-state index contributed by atoms with van der Waals surface area (Å²) >= 11 is 0. The first-order chi connectivity index (χ1) is 15.9. The Morgan fingerprint density at radius 2 is 1.65 bits per heavy atom. The number of rotatable bonds is 10. The van der Waals surface area contributed by atoms with Gasteiger partial charge in [0.25, 0.3) is 0 Å². The van der Waals surface area contributed by atoms with Crippen LogP contribution in [0.2, 0.25) is 0 Å². The van der Waals surface area contributed by atoms with Crippen LogP contribution < -0.4 is 4.74 Å². The van der Waals surface area contributed by atoms with E-state index in [1.54, 1.807) is 13.0 Å². The topological polar surface area (TPSA) is 78.2 Å². The summed E-state index contributed by atoms with van der Waals surface area (Å²) in [6.07, 6.45) is -8.53. The molecule has 0 aromatic carbocycles. The summed E-state index contributed by atoms with van der Waals surface area (Å²) < 4.78 is 80.8. The number of pyridine rings is 2. The van der Waals surface area contributed by atoms with E-state index in [1.165, 1.54) is 14.0 Å². The Morgan fingerprint density at radius 3 is 2.29 bits per heavy atom. The zero-order chi connectivity index (χ0) is 25.4. The van der Waals surface area contributed by atoms with Crippen LogP contribution in [0.15, 0.2) is 40.6 Å². The minimum Gasteiger partial charge on any atom is -0.468 e. The molecule has 0 N–H and O–H groups in total. The number of aromatic nitrogens is 2. The Morgan fingerprint density at radius 1 is 0.941 bits per heavy atom. The van der Waals surface area contributed by atoms with Crippen LogP contribution in [0, 0.1) is 0 Å². The van der Waals surface area contributed by atoms with Crippen molar-refractivity contribution in [1.82, 2.24) is 9.97 Å². The average Bonchev–Trinajstić information content (AvgIpc) is 2.76. The van der Waals surface area contributed by atoms with Crippen LogP contribution in [0.4, 0.5) is 26.3 Å². The van der Waals surface area contributed by atoms with Gasteiger partial charge in [0.1, 0.15) is 25.1 Å². The molecule has 2 aromatic rings. The summed E-state index contributed by atoms with van der Waals surface area (Å²) in [4.78, 5) is 18.0. The zero-order valence-corrected chi connectivity index (χ0v) is 18.5. The molecule has 0 aliphatic rings. The third-order valence-electron chi connectivity index (χ3n) is 4.16. The summed E-state index contributed by atoms with van der Waals surface area (Å²) in [7, 11) is 1.43. The lowest BCUT2D eigenvalue weighted by Gasteiger charge is -2.13. The van der Waals surface area contributed by atoms with E-state index in [-0.39, 0.29) is 18.0 Å². The van der Waals surface area contributed by atoms with E-state index >= 15 is 0 Å². The highest BCUT2D eigenvalue weighted by Gasteiger charge is 2.33. The molecule has 0 spiro atoms. The Balaban J connectivity index is 2.02. The summed E-state index contributed by atoms with van der Waals surface area (Å²) in [5.74, 6) is -0.824. The average molecular weight is 492 g/mol. The molecule has 0 aliphatic carbocycles. The van der Waals surface area contributed by atoms with Gasteiger partial charge >= 0.3 is 12.4 Å². The fourth-order valence-corrected chi connectivity index (χ4v) is 2.60. The number of hydrogen-bond acceptors (Lipinski definition) is 7. The predicted molar refractivity (Wildman–Crippen MR) is 111 cm³/mol. The summed E-state index contributed by atoms with van der Waals surface area (Å²) in [6, 6.07) is 6.45. The van der Waals surface area contributed by atoms with Gasteiger partial charge in [0, 0.05) is 11.8 Å². The van der Waals surface area contributed by atoms with Crippen molar-refractivity contribution in [1.29, 1.82) is 0 Å². The van der Waals surface area contributed by atoms with Gasteiger partial charge in [0.2, 0.25) is 5.88 Å². The van der Waals surface area contributed by atoms with Crippen molar-refractivity contribution in [3.8, 4) is 5.88 Å². The second-order valence-electron chi connectivity index (χ2n) is 6.97. The molecule has 0 saturated heterocycles. The normalized spacial score (nSPS) is 13.1. The molecule has 2 rings (SSSR count). The molecule has 0 unspecified atom stereocenters. The summed E-state index contributed by atoms with van der Waals surface area (Å²) in [6.45, 7) is 1.40. The van der Waals surface area contributed by atoms with Crippen LogP contribution in [-0.2, 0) is 22.3 Å². The SMILES string of the molecule is CO/N=C(\C)c1cccc(CCCO/N=C(\C)c2cc(C(F)(F)F)cc(OCC(F)(F)F)n2)n1. The van der Waals surface area contributed by atoms with Crippen LogP contribution in [0.1, 0.15) is 42.9 Å². The molecule has 0 bridgehead atoms. The van der Waals surface area contributed by atoms with Crippen LogP contribution in [0.5, 0.6) is 5.88 Å². The van der Waals surface area contributed by atoms with Crippen molar-refractivity contribution >= 4 is 11.4 Å². The van der Waals surface area contributed by atoms with E-state index in [0.29, 0.717) is 36.4 Å². The number of halogens is 6. The smallest absolute Gasteiger partial charge is 0.422 e. The molecule has 2 heterocycles. The molecule has 7 nitrogen and oxygen atoms in total. The molecular formula is C21H22F6N4O3. The lowest BCUT2D eigenvalue weighted by molar-refractivity contribution is -0.154. The molecule has 0 radical (unpaired) electrons. The van der Waals surface area contributed by atoms with Gasteiger partial charge in [-0.25, -0.2) is 4.98 Å². The van der Waals surface area contributed by atoms with Gasteiger partial charge in [-0.2, -0.15) is 26.3 Å². The van der Waals surface area contributed by atoms with Gasteiger partial charge in [0.15, 0.2) is 6.61 Å². The zero-order valence-electron chi connectivity index (χ0n) is 18.5. The molecule has 186 valence electrons. The van der Waals surface area contributed by atoms with Crippen molar-refractivity contribution in [2.45, 2.75) is 39.0 Å². The van der Waals surface area contributed by atoms with Crippen molar-refractivity contribution in [2.75, 3.05) is 20.3 Å². The van der Waals surface area contributed by atoms with Gasteiger partial charge in [-0.15, -0.1) is 0 Å². The van der Waals surface area contributed by atoms with Crippen molar-refractivity contribution in [3.63, 3.8) is 0 Å². The van der Waals surface area contributed by atoms with Gasteiger partial charge < -0.3 is 14.4 Å². The van der Waals surface area contributed by atoms with Crippen LogP contribution in [0.25, 0.3) is 0 Å². The second kappa shape index (κ2) is 11.7. The van der Waals surface area contributed by atoms with E-state index < -0.39 is 30.4 Å². The second-order valence-corrected chi connectivity index (χ2v) is 6.97. The van der Waals surface area contributed by atoms with Crippen molar-refractivity contribution < 1.29 is 40.8 Å². The van der Waals surface area contributed by atoms with Crippen molar-refractivity contribution in [2.24, 2.45) is 10.3 Å². The Bertz CT molecular complexity index is 1020. The lowest BCUT2D eigenvalue weighted by Crippen LogP contribution is -2.20. The van der Waals surface area contributed by atoms with E-state index in [2.05, 4.69) is 25.0 Å². The predicted octanol–water partition coefficient (Wildman–Crippen LogP) is 5.18. The molecular weight excluding hydrogens is 470 g/mol. The maximum Gasteiger partial charge on any atom is 0.422 e. The van der Waals surface area contributed by atoms with Gasteiger partial charge in [-0.1, -0.05) is 16.4 Å². The molecule has 34 heavy (non-hydrogen) atoms. The summed E-state index contributed by atoms with van der Waals surface area (Å²) in [5.41, 5.74) is 0.408. The highest BCUT2D eigenvalue weighted by atomic mass is 19.4. The lowest BCUT2D eigenvalue weighted by atomic mass is 10.2. The number of nitrogens with zero attached hydrogens (tertiary/aromatic N) is 4. The first-order valence-corrected chi connectivity index (χ1v) is 9.89. The quantitative estimate of drug-likeness (QED) is 0.198. The van der Waals surface area contributed by atoms with Crippen molar-refractivity contribution in [3.05, 3.63) is 53.0 Å². The molecule has 0 atom stereocenters. The van der Waals surface area contributed by atoms with E-state index in [1.807, 2.05) is 12.1 Å². The van der Waals surface area contributed by atoms with Crippen LogP contribution in [0.3, 0.4) is 0 Å². The number of ether oxygens (including phenoxy) is 1. The van der Waals surface area contributed by atoms with Crippen LogP contribution >= 0.6 is 0 Å². The number of alkyl halides is 6. The standard InChI is InChI=1S/C21H22F6N4O3/c1-13(30-32-3)17-8-4-6-16(28-17)7-5-9-34-31-14(2)18-10-15(21(25,26)27)11-19(29-18)33-12-20(22,23)24/h4,6,8,10-11H,5,7,9,12H2,1-3H3/b30-13+,31-14+. The fourth-order valence-electron chi connectivity index (χ4n) is 2.60. The monoisotopic (exact) mass is 492 g/mol. The summed E-state index contributed by atoms with van der Waals surface area (Å²) in [5, 5.41) is 7.54. The minimum absolute atomic E-state index is 0.0607. The Hall–Kier alpha value is -3.38. The third kappa shape index (κ3) is 8.87. The largest absolute Gasteiger partial charge is 0.468 e. The highest BCUT2D eigenvalue weighted by Crippen LogP contribution is 2.32. The first-order valence-electron chi connectivity index (χ1n) is 9.89. The Kier molecular flexibility index (Phi) is 9.21. The first kappa shape index (κ1) is 26.9. The third-order valence-corrected chi connectivity index (χ3v) is 4.16. The van der Waals surface area contributed by atoms with E-state index in [0.717, 1.165) is 5.69 Å². The molecule has 0 saturated carbocycles. The maximum absolute atomic E-state index is 13.1. The van der Waals surface area contributed by atoms with Gasteiger partial charge in [-0.05, 0) is 44.9 Å². The van der Waals surface area contributed by atoms with Crippen LogP contribution in [-0.4, -0.2) is 47.9 Å². The minimum atomic E-state index is -4.82. The molecule has 13 heteroatoms. The van der Waals surface area contributed by atoms with E-state index in [4.69, 9.17) is 9.68 Å². The van der Waals surface area contributed by atoms with Gasteiger partial charge in [0.05, 0.1) is 17.0 Å². The molecule has 0 aliphatic heterocycles. The highest BCUT2D eigenvalue weighted by molar-refractivity contribution is 5.97. The number of hydrogen-bond donors (Lipinski definition) is 0. The van der Waals surface area contributed by atoms with E-state index in [9.17, 15) is 26.3 Å². The fraction of sp³-hybridized carbons (Fsp3) is 0.429. The molecule has 0 fully saturated rings.